The van der Waals surface area contributed by atoms with Crippen molar-refractivity contribution < 1.29 is 4.74 Å². The number of nitrogens with one attached hydrogen (secondary N) is 1. The van der Waals surface area contributed by atoms with Gasteiger partial charge in [-0.15, -0.1) is 0 Å². The summed E-state index contributed by atoms with van der Waals surface area (Å²) in [5.41, 5.74) is 3.78. The van der Waals surface area contributed by atoms with Crippen LogP contribution in [0.15, 0.2) is 12.1 Å². The Bertz CT molecular complexity index is 335. The summed E-state index contributed by atoms with van der Waals surface area (Å²) in [7, 11) is 3.66. The number of hydrogen-bond acceptors (Lipinski definition) is 3. The lowest BCUT2D eigenvalue weighted by Gasteiger charge is -2.19. The summed E-state index contributed by atoms with van der Waals surface area (Å²) in [6.45, 7) is 4.21. The van der Waals surface area contributed by atoms with Gasteiger partial charge in [-0.1, -0.05) is 6.07 Å². The average Bonchev–Trinajstić information content (AvgIpc) is 2.26. The van der Waals surface area contributed by atoms with E-state index in [9.17, 15) is 0 Å². The lowest BCUT2D eigenvalue weighted by molar-refractivity contribution is 0.411. The second-order valence-electron chi connectivity index (χ2n) is 3.63. The molecule has 1 aromatic rings. The smallest absolute Gasteiger partial charge is 0.122 e. The van der Waals surface area contributed by atoms with E-state index >= 15 is 0 Å². The van der Waals surface area contributed by atoms with Gasteiger partial charge in [-0.05, 0) is 43.7 Å². The summed E-state index contributed by atoms with van der Waals surface area (Å²) in [5.74, 6) is 1.74. The molecule has 3 heteroatoms. The van der Waals surface area contributed by atoms with Crippen molar-refractivity contribution in [3.8, 4) is 5.75 Å². The van der Waals surface area contributed by atoms with Crippen LogP contribution in [0, 0.1) is 13.8 Å². The van der Waals surface area contributed by atoms with Crippen molar-refractivity contribution in [3.63, 3.8) is 0 Å². The molecule has 0 radical (unpaired) electrons. The highest BCUT2D eigenvalue weighted by Crippen LogP contribution is 2.27. The molecule has 2 nitrogen and oxygen atoms in total. The monoisotopic (exact) mass is 225 g/mol. The highest BCUT2D eigenvalue weighted by Gasteiger charge is 2.13. The quantitative estimate of drug-likeness (QED) is 0.768. The van der Waals surface area contributed by atoms with Crippen molar-refractivity contribution in [2.75, 3.05) is 19.9 Å². The van der Waals surface area contributed by atoms with Crippen LogP contribution in [0.4, 0.5) is 0 Å². The highest BCUT2D eigenvalue weighted by molar-refractivity contribution is 7.80. The molecular weight excluding hydrogens is 206 g/mol. The van der Waals surface area contributed by atoms with Gasteiger partial charge < -0.3 is 10.1 Å². The molecule has 0 saturated carbocycles. The van der Waals surface area contributed by atoms with E-state index in [1.54, 1.807) is 7.11 Å². The van der Waals surface area contributed by atoms with Crippen molar-refractivity contribution in [1.29, 1.82) is 0 Å². The van der Waals surface area contributed by atoms with Crippen molar-refractivity contribution in [3.05, 3.63) is 28.8 Å². The maximum Gasteiger partial charge on any atom is 0.122 e. The summed E-state index contributed by atoms with van der Waals surface area (Å²) in [6.07, 6.45) is 0. The summed E-state index contributed by atoms with van der Waals surface area (Å²) in [5, 5.41) is 3.26. The molecule has 0 spiro atoms. The zero-order valence-electron chi connectivity index (χ0n) is 9.79. The van der Waals surface area contributed by atoms with Gasteiger partial charge in [0, 0.05) is 11.8 Å². The van der Waals surface area contributed by atoms with Crippen LogP contribution in [-0.4, -0.2) is 19.9 Å². The molecule has 1 aromatic carbocycles. The van der Waals surface area contributed by atoms with Crippen molar-refractivity contribution in [2.24, 2.45) is 0 Å². The number of hydrogen-bond donors (Lipinski definition) is 2. The van der Waals surface area contributed by atoms with Gasteiger partial charge in [0.05, 0.1) is 7.11 Å². The first-order valence-electron chi connectivity index (χ1n) is 5.07. The molecule has 1 unspecified atom stereocenters. The molecule has 0 heterocycles. The number of benzene rings is 1. The normalized spacial score (nSPS) is 12.6. The SMILES string of the molecule is CNC(CS)c1ccc(OC)c(C)c1C. The van der Waals surface area contributed by atoms with E-state index in [0.717, 1.165) is 11.5 Å². The van der Waals surface area contributed by atoms with E-state index in [1.807, 2.05) is 13.1 Å². The van der Waals surface area contributed by atoms with E-state index in [2.05, 4.69) is 37.9 Å². The third-order valence-electron chi connectivity index (χ3n) is 2.91. The maximum atomic E-state index is 5.29. The van der Waals surface area contributed by atoms with Crippen LogP contribution < -0.4 is 10.1 Å². The van der Waals surface area contributed by atoms with Gasteiger partial charge in [0.25, 0.3) is 0 Å². The van der Waals surface area contributed by atoms with Gasteiger partial charge >= 0.3 is 0 Å². The minimum Gasteiger partial charge on any atom is -0.496 e. The predicted molar refractivity (Wildman–Crippen MR) is 68.1 cm³/mol. The van der Waals surface area contributed by atoms with Crippen LogP contribution in [-0.2, 0) is 0 Å². The second kappa shape index (κ2) is 5.42. The van der Waals surface area contributed by atoms with Crippen molar-refractivity contribution in [1.82, 2.24) is 5.32 Å². The summed E-state index contributed by atoms with van der Waals surface area (Å²) in [6, 6.07) is 4.43. The third kappa shape index (κ3) is 2.47. The van der Waals surface area contributed by atoms with Gasteiger partial charge in [0.2, 0.25) is 0 Å². The van der Waals surface area contributed by atoms with Gasteiger partial charge in [-0.3, -0.25) is 0 Å². The van der Waals surface area contributed by atoms with Crippen LogP contribution in [0.3, 0.4) is 0 Å². The van der Waals surface area contributed by atoms with Gasteiger partial charge in [-0.25, -0.2) is 0 Å². The first kappa shape index (κ1) is 12.4. The standard InChI is InChI=1S/C12H19NOS/c1-8-9(2)12(14-4)6-5-10(8)11(7-15)13-3/h5-6,11,13,15H,7H2,1-4H3. The zero-order valence-corrected chi connectivity index (χ0v) is 10.7. The first-order valence-corrected chi connectivity index (χ1v) is 5.71. The Kier molecular flexibility index (Phi) is 4.48. The average molecular weight is 225 g/mol. The molecule has 1 atom stereocenters. The lowest BCUT2D eigenvalue weighted by atomic mass is 9.97. The minimum absolute atomic E-state index is 0.304. The Morgan fingerprint density at radius 2 is 2.00 bits per heavy atom. The molecule has 0 aromatic heterocycles. The summed E-state index contributed by atoms with van der Waals surface area (Å²) in [4.78, 5) is 0. The van der Waals surface area contributed by atoms with E-state index in [-0.39, 0.29) is 0 Å². The summed E-state index contributed by atoms with van der Waals surface area (Å²) < 4.78 is 5.29. The molecule has 0 saturated heterocycles. The second-order valence-corrected chi connectivity index (χ2v) is 4.00. The van der Waals surface area contributed by atoms with E-state index in [0.29, 0.717) is 6.04 Å². The zero-order chi connectivity index (χ0) is 11.4. The molecule has 0 fully saturated rings. The van der Waals surface area contributed by atoms with E-state index in [1.165, 1.54) is 16.7 Å². The Labute approximate surface area is 97.4 Å². The van der Waals surface area contributed by atoms with Crippen molar-refractivity contribution >= 4 is 12.6 Å². The maximum absolute atomic E-state index is 5.29. The highest BCUT2D eigenvalue weighted by atomic mass is 32.1. The van der Waals surface area contributed by atoms with E-state index in [4.69, 9.17) is 4.74 Å². The molecule has 0 bridgehead atoms. The number of thiol groups is 1. The molecule has 84 valence electrons. The number of rotatable bonds is 4. The van der Waals surface area contributed by atoms with Crippen LogP contribution in [0.5, 0.6) is 5.75 Å². The Hall–Kier alpha value is -0.670. The topological polar surface area (TPSA) is 21.3 Å². The van der Waals surface area contributed by atoms with Crippen LogP contribution in [0.2, 0.25) is 0 Å². The first-order chi connectivity index (χ1) is 7.15. The Balaban J connectivity index is 3.16. The Morgan fingerprint density at radius 1 is 1.33 bits per heavy atom. The van der Waals surface area contributed by atoms with Crippen LogP contribution in [0.1, 0.15) is 22.7 Å². The molecule has 1 N–H and O–H groups in total. The van der Waals surface area contributed by atoms with Crippen LogP contribution in [0.25, 0.3) is 0 Å². The fourth-order valence-electron chi connectivity index (χ4n) is 1.76. The van der Waals surface area contributed by atoms with Crippen LogP contribution >= 0.6 is 12.6 Å². The molecular formula is C12H19NOS. The van der Waals surface area contributed by atoms with Crippen molar-refractivity contribution in [2.45, 2.75) is 19.9 Å². The molecule has 0 aliphatic heterocycles. The molecule has 15 heavy (non-hydrogen) atoms. The van der Waals surface area contributed by atoms with E-state index < -0.39 is 0 Å². The van der Waals surface area contributed by atoms with Gasteiger partial charge in [0.1, 0.15) is 5.75 Å². The number of methoxy groups -OCH3 is 1. The third-order valence-corrected chi connectivity index (χ3v) is 3.27. The van der Waals surface area contributed by atoms with Gasteiger partial charge in [-0.2, -0.15) is 12.6 Å². The Morgan fingerprint density at radius 3 is 2.47 bits per heavy atom. The summed E-state index contributed by atoms with van der Waals surface area (Å²) >= 11 is 4.34. The lowest BCUT2D eigenvalue weighted by Crippen LogP contribution is -2.19. The largest absolute Gasteiger partial charge is 0.496 e. The fourth-order valence-corrected chi connectivity index (χ4v) is 2.14. The minimum atomic E-state index is 0.304. The fraction of sp³-hybridized carbons (Fsp3) is 0.500. The molecule has 0 aliphatic rings. The molecule has 0 amide bonds. The molecule has 0 aliphatic carbocycles. The molecule has 1 rings (SSSR count). The predicted octanol–water partition coefficient (Wildman–Crippen LogP) is 2.50. The van der Waals surface area contributed by atoms with Gasteiger partial charge in [0.15, 0.2) is 0 Å². The number of ether oxygens (including phenoxy) is 1.